The molecule has 0 aliphatic rings. The molecule has 2 aromatic carbocycles. The molecule has 14 heteroatoms. The van der Waals surface area contributed by atoms with E-state index in [0.717, 1.165) is 9.80 Å². The molecule has 4 aromatic rings. The lowest BCUT2D eigenvalue weighted by molar-refractivity contribution is -0.145. The molecule has 6 N–H and O–H groups in total. The van der Waals surface area contributed by atoms with E-state index in [1.54, 1.807) is 113 Å². The van der Waals surface area contributed by atoms with Gasteiger partial charge in [-0.1, -0.05) is 88.4 Å². The van der Waals surface area contributed by atoms with Gasteiger partial charge in [0.2, 0.25) is 11.8 Å². The van der Waals surface area contributed by atoms with E-state index in [0.29, 0.717) is 22.3 Å². The van der Waals surface area contributed by atoms with Crippen LogP contribution in [0.4, 0.5) is 9.59 Å². The highest BCUT2D eigenvalue weighted by atomic mass is 16.6. The van der Waals surface area contributed by atoms with Crippen molar-refractivity contribution < 1.29 is 38.9 Å². The standard InChI is InChI=1S/C42H52N6O8/c1-27(2)35(43)39(51)47(41(53)55-25-31-15-19-45-20-16-31)33(23-29-11-7-5-8-12-29)37(49)38(50)34(24-30-13-9-6-10-14-30)48(40(52)36(44)28(3)4)42(54)56-26-32-17-21-46-22-18-32/h5-22,27-28,33-38,49-50H,23-26,43-44H2,1-4H3/t33-,34?,35-,36-,37?,38?/m0/s1. The highest BCUT2D eigenvalue weighted by Gasteiger charge is 2.47. The van der Waals surface area contributed by atoms with Gasteiger partial charge in [0.15, 0.2) is 0 Å². The van der Waals surface area contributed by atoms with E-state index >= 15 is 0 Å². The third kappa shape index (κ3) is 11.7. The molecule has 0 aliphatic heterocycles. The third-order valence-electron chi connectivity index (χ3n) is 9.48. The topological polar surface area (TPSA) is 212 Å². The number of aliphatic hydroxyl groups excluding tert-OH is 2. The fourth-order valence-corrected chi connectivity index (χ4v) is 5.95. The number of imide groups is 2. The van der Waals surface area contributed by atoms with Gasteiger partial charge in [0.1, 0.15) is 25.4 Å². The summed E-state index contributed by atoms with van der Waals surface area (Å²) in [6.07, 6.45) is -0.466. The van der Waals surface area contributed by atoms with Gasteiger partial charge >= 0.3 is 12.2 Å². The molecular formula is C42H52N6O8. The van der Waals surface area contributed by atoms with Crippen molar-refractivity contribution in [2.45, 2.75) is 90.1 Å². The first-order valence-electron chi connectivity index (χ1n) is 18.5. The van der Waals surface area contributed by atoms with Crippen LogP contribution in [0.3, 0.4) is 0 Å². The number of carbonyl (C=O) groups is 4. The van der Waals surface area contributed by atoms with Crippen LogP contribution in [-0.2, 0) is 45.1 Å². The molecule has 298 valence electrons. The smallest absolute Gasteiger partial charge is 0.417 e. The van der Waals surface area contributed by atoms with Crippen LogP contribution in [0.2, 0.25) is 0 Å². The average molecular weight is 769 g/mol. The summed E-state index contributed by atoms with van der Waals surface area (Å²) in [6, 6.07) is 18.5. The van der Waals surface area contributed by atoms with Gasteiger partial charge in [-0.3, -0.25) is 19.6 Å². The first kappa shape index (κ1) is 43.2. The molecule has 14 nitrogen and oxygen atoms in total. The molecule has 0 bridgehead atoms. The van der Waals surface area contributed by atoms with Gasteiger partial charge in [-0.15, -0.1) is 0 Å². The molecule has 4 amide bonds. The van der Waals surface area contributed by atoms with Crippen molar-refractivity contribution >= 4 is 24.0 Å². The number of nitrogens with two attached hydrogens (primary N) is 2. The highest BCUT2D eigenvalue weighted by Crippen LogP contribution is 2.26. The van der Waals surface area contributed by atoms with Crippen molar-refractivity contribution in [3.8, 4) is 0 Å². The average Bonchev–Trinajstić information content (AvgIpc) is 3.21. The zero-order valence-corrected chi connectivity index (χ0v) is 32.1. The van der Waals surface area contributed by atoms with Gasteiger partial charge in [-0.2, -0.15) is 0 Å². The Bertz CT molecular complexity index is 1700. The number of amides is 4. The maximum atomic E-state index is 14.2. The SMILES string of the molecule is CC(C)[C@H](N)C(=O)N(C(=O)OCc1ccncc1)C(Cc1ccccc1)C(O)C(O)[C@H](Cc1ccccc1)N(C(=O)OCc1ccncc1)C(=O)[C@@H](N)C(C)C. The lowest BCUT2D eigenvalue weighted by atomic mass is 9.88. The van der Waals surface area contributed by atoms with E-state index in [2.05, 4.69) is 9.97 Å². The summed E-state index contributed by atoms with van der Waals surface area (Å²) in [6.45, 7) is 6.33. The van der Waals surface area contributed by atoms with Crippen LogP contribution >= 0.6 is 0 Å². The van der Waals surface area contributed by atoms with Crippen LogP contribution in [0.1, 0.15) is 49.9 Å². The summed E-state index contributed by atoms with van der Waals surface area (Å²) in [4.78, 5) is 66.1. The lowest BCUT2D eigenvalue weighted by Crippen LogP contribution is -2.64. The van der Waals surface area contributed by atoms with Crippen molar-refractivity contribution in [2.75, 3.05) is 0 Å². The largest absolute Gasteiger partial charge is 0.444 e. The number of aromatic nitrogens is 2. The molecule has 2 heterocycles. The summed E-state index contributed by atoms with van der Waals surface area (Å²) in [5.41, 5.74) is 15.1. The Kier molecular flexibility index (Phi) is 16.2. The Morgan fingerprint density at radius 3 is 1.18 bits per heavy atom. The van der Waals surface area contributed by atoms with Crippen LogP contribution < -0.4 is 11.5 Å². The minimum absolute atomic E-state index is 0.163. The normalized spacial score (nSPS) is 14.5. The van der Waals surface area contributed by atoms with Gasteiger partial charge in [0.25, 0.3) is 0 Å². The van der Waals surface area contributed by atoms with Crippen LogP contribution in [0.25, 0.3) is 0 Å². The zero-order valence-electron chi connectivity index (χ0n) is 32.1. The van der Waals surface area contributed by atoms with E-state index in [9.17, 15) is 29.4 Å². The first-order chi connectivity index (χ1) is 26.8. The van der Waals surface area contributed by atoms with Crippen molar-refractivity contribution in [3.05, 3.63) is 132 Å². The summed E-state index contributed by atoms with van der Waals surface area (Å²) >= 11 is 0. The maximum Gasteiger partial charge on any atom is 0.417 e. The number of hydrogen-bond donors (Lipinski definition) is 4. The number of benzene rings is 2. The number of rotatable bonds is 17. The summed E-state index contributed by atoms with van der Waals surface area (Å²) < 4.78 is 11.3. The molecule has 3 unspecified atom stereocenters. The highest BCUT2D eigenvalue weighted by molar-refractivity contribution is 5.96. The van der Waals surface area contributed by atoms with E-state index < -0.39 is 72.2 Å². The second-order valence-electron chi connectivity index (χ2n) is 14.3. The molecule has 0 spiro atoms. The van der Waals surface area contributed by atoms with Crippen molar-refractivity contribution in [1.82, 2.24) is 19.8 Å². The van der Waals surface area contributed by atoms with Crippen molar-refractivity contribution in [2.24, 2.45) is 23.3 Å². The number of nitrogens with zero attached hydrogens (tertiary/aromatic N) is 4. The first-order valence-corrected chi connectivity index (χ1v) is 18.5. The molecule has 2 aromatic heterocycles. The number of pyridine rings is 2. The van der Waals surface area contributed by atoms with Crippen LogP contribution in [-0.4, -0.2) is 90.4 Å². The van der Waals surface area contributed by atoms with Crippen molar-refractivity contribution in [3.63, 3.8) is 0 Å². The Hall–Kier alpha value is -5.54. The zero-order chi connectivity index (χ0) is 40.8. The quantitative estimate of drug-likeness (QED) is 0.120. The number of carbonyl (C=O) groups excluding carboxylic acids is 4. The Morgan fingerprint density at radius 1 is 0.554 bits per heavy atom. The maximum absolute atomic E-state index is 14.2. The van der Waals surface area contributed by atoms with Crippen LogP contribution in [0, 0.1) is 11.8 Å². The van der Waals surface area contributed by atoms with E-state index in [-0.39, 0.29) is 26.1 Å². The van der Waals surface area contributed by atoms with Gasteiger partial charge in [-0.05, 0) is 71.2 Å². The Morgan fingerprint density at radius 2 is 0.875 bits per heavy atom. The summed E-state index contributed by atoms with van der Waals surface area (Å²) in [5, 5.41) is 24.8. The van der Waals surface area contributed by atoms with Gasteiger partial charge in [0, 0.05) is 24.8 Å². The van der Waals surface area contributed by atoms with Gasteiger partial charge < -0.3 is 31.2 Å². The lowest BCUT2D eigenvalue weighted by Gasteiger charge is -2.41. The Labute approximate surface area is 327 Å². The van der Waals surface area contributed by atoms with E-state index in [4.69, 9.17) is 20.9 Å². The number of hydrogen-bond acceptors (Lipinski definition) is 12. The summed E-state index contributed by atoms with van der Waals surface area (Å²) in [5.74, 6) is -2.61. The number of aliphatic hydroxyl groups is 2. The second-order valence-corrected chi connectivity index (χ2v) is 14.3. The fraction of sp³-hybridized carbons (Fsp3) is 0.381. The Balaban J connectivity index is 1.84. The molecule has 0 fully saturated rings. The summed E-state index contributed by atoms with van der Waals surface area (Å²) in [7, 11) is 0. The predicted molar refractivity (Wildman–Crippen MR) is 208 cm³/mol. The molecular weight excluding hydrogens is 716 g/mol. The molecule has 0 saturated heterocycles. The molecule has 0 saturated carbocycles. The molecule has 4 rings (SSSR count). The fourth-order valence-electron chi connectivity index (χ4n) is 5.95. The predicted octanol–water partition coefficient (Wildman–Crippen LogP) is 4.02. The molecule has 0 radical (unpaired) electrons. The number of ether oxygens (including phenoxy) is 2. The van der Waals surface area contributed by atoms with Crippen molar-refractivity contribution in [1.29, 1.82) is 0 Å². The monoisotopic (exact) mass is 768 g/mol. The molecule has 0 aliphatic carbocycles. The van der Waals surface area contributed by atoms with Crippen LogP contribution in [0.15, 0.2) is 110 Å². The van der Waals surface area contributed by atoms with E-state index in [1.807, 2.05) is 0 Å². The van der Waals surface area contributed by atoms with E-state index in [1.165, 1.54) is 24.8 Å². The van der Waals surface area contributed by atoms with Crippen LogP contribution in [0.5, 0.6) is 0 Å². The minimum Gasteiger partial charge on any atom is -0.444 e. The minimum atomic E-state index is -1.99. The second kappa shape index (κ2) is 20.9. The molecule has 56 heavy (non-hydrogen) atoms. The molecule has 6 atom stereocenters. The third-order valence-corrected chi connectivity index (χ3v) is 9.48. The van der Waals surface area contributed by atoms with Gasteiger partial charge in [-0.25, -0.2) is 19.4 Å². The van der Waals surface area contributed by atoms with Gasteiger partial charge in [0.05, 0.1) is 24.2 Å².